The van der Waals surface area contributed by atoms with Gasteiger partial charge in [0.1, 0.15) is 0 Å². The third-order valence-electron chi connectivity index (χ3n) is 0. The Kier molecular flexibility index (Phi) is 81.9. The zero-order valence-electron chi connectivity index (χ0n) is 1.31. The average Bonchev–Trinajstić information content (AvgIpc) is 1.00. The summed E-state index contributed by atoms with van der Waals surface area (Å²) in [5.41, 5.74) is 0. The molecule has 0 heterocycles. The van der Waals surface area contributed by atoms with Crippen LogP contribution in [0.2, 0.25) is 0 Å². The molecule has 0 radical (unpaired) electrons. The van der Waals surface area contributed by atoms with Crippen LogP contribution in [0.4, 0.5) is 4.48 Å². The predicted molar refractivity (Wildman–Crippen MR) is 12.4 cm³/mol. The Bertz CT molecular complexity index is 8.00. The second kappa shape index (κ2) is 19.7. The third kappa shape index (κ3) is 8.97. The van der Waals surface area contributed by atoms with Crippen LogP contribution in [-0.4, -0.2) is 51.4 Å². The molecule has 0 bridgehead atoms. The van der Waals surface area contributed by atoms with Gasteiger partial charge in [0.05, 0.1) is 0 Å². The fourth-order valence-electron chi connectivity index (χ4n) is 0. The second-order valence-corrected chi connectivity index (χ2v) is 0. The molecule has 0 rings (SSSR count). The van der Waals surface area contributed by atoms with E-state index in [4.69, 9.17) is 4.48 Å². The maximum absolute atomic E-state index is 9.00. The van der Waals surface area contributed by atoms with Crippen LogP contribution < -0.4 is 5.96 Å². The Morgan fingerprint density at radius 3 is 1.25 bits per heavy atom. The molecule has 0 unspecified atom stereocenters. The van der Waals surface area contributed by atoms with Crippen LogP contribution in [0.15, 0.2) is 0 Å². The Hall–Kier alpha value is 2.05. The molecule has 0 aliphatic carbocycles. The third-order valence-corrected chi connectivity index (χ3v) is 0. The van der Waals surface area contributed by atoms with E-state index in [0.717, 1.165) is 0 Å². The molecule has 0 amide bonds. The van der Waals surface area contributed by atoms with Crippen LogP contribution in [-0.2, 0) is 17.1 Å². The Morgan fingerprint density at radius 2 is 1.25 bits per heavy atom. The van der Waals surface area contributed by atoms with Crippen LogP contribution in [0.5, 0.6) is 0 Å². The van der Waals surface area contributed by atoms with Gasteiger partial charge in [-0.15, -0.1) is 4.48 Å². The molecule has 0 spiro atoms. The molecule has 24 valence electrons. The van der Waals surface area contributed by atoms with Crippen LogP contribution in [0.25, 0.3) is 0 Å². The van der Waals surface area contributed by atoms with E-state index in [-0.39, 0.29) is 68.5 Å². The van der Waals surface area contributed by atoms with Crippen LogP contribution >= 0.6 is 0 Å². The van der Waals surface area contributed by atoms with E-state index in [0.29, 0.717) is 0 Å². The van der Waals surface area contributed by atoms with Gasteiger partial charge in [-0.1, -0.05) is 0 Å². The summed E-state index contributed by atoms with van der Waals surface area (Å²) in [4.78, 5) is 0. The van der Waals surface area contributed by atoms with E-state index in [1.807, 2.05) is 0 Å². The average molecular weight is 131 g/mol. The summed E-state index contributed by atoms with van der Waals surface area (Å²) in [6, 6.07) is 0. The van der Waals surface area contributed by atoms with Gasteiger partial charge >= 0.3 is 51.4 Å². The molecular formula is H3FFeKN. The normalized spacial score (nSPS) is 1.50. The van der Waals surface area contributed by atoms with Gasteiger partial charge in [0.25, 0.3) is 0 Å². The Labute approximate surface area is 77.3 Å². The summed E-state index contributed by atoms with van der Waals surface area (Å²) in [6.45, 7) is 0. The molecule has 4 heteroatoms. The maximum atomic E-state index is 9.00. The van der Waals surface area contributed by atoms with Crippen molar-refractivity contribution in [3.8, 4) is 0 Å². The van der Waals surface area contributed by atoms with Gasteiger partial charge < -0.3 is 0 Å². The molecule has 4 heavy (non-hydrogen) atoms. The van der Waals surface area contributed by atoms with Gasteiger partial charge in [0, 0.05) is 17.1 Å². The first-order valence-corrected chi connectivity index (χ1v) is 0.218. The molecule has 0 aromatic carbocycles. The van der Waals surface area contributed by atoms with Gasteiger partial charge in [-0.25, -0.2) is 0 Å². The van der Waals surface area contributed by atoms with Gasteiger partial charge in [0.2, 0.25) is 0 Å². The van der Waals surface area contributed by atoms with Crippen molar-refractivity contribution in [2.45, 2.75) is 0 Å². The molecule has 1 nitrogen and oxygen atoms in total. The molecular weight excluding hydrogens is 128 g/mol. The summed E-state index contributed by atoms with van der Waals surface area (Å²) >= 11 is 0. The molecule has 0 atom stereocenters. The summed E-state index contributed by atoms with van der Waals surface area (Å²) in [5, 5.41) is 0. The van der Waals surface area contributed by atoms with Crippen molar-refractivity contribution in [3.05, 3.63) is 0 Å². The van der Waals surface area contributed by atoms with E-state index in [2.05, 4.69) is 5.96 Å². The van der Waals surface area contributed by atoms with Crippen molar-refractivity contribution in [3.63, 3.8) is 0 Å². The second-order valence-electron chi connectivity index (χ2n) is 0. The predicted octanol–water partition coefficient (Wildman–Crippen LogP) is -0.821. The summed E-state index contributed by atoms with van der Waals surface area (Å²) in [6.07, 6.45) is 0. The van der Waals surface area contributed by atoms with Crippen molar-refractivity contribution >= 4 is 51.4 Å². The van der Waals surface area contributed by atoms with Crippen molar-refractivity contribution in [1.82, 2.24) is 0 Å². The quantitative estimate of drug-likeness (QED) is 0.337. The first-order chi connectivity index (χ1) is 1.00. The van der Waals surface area contributed by atoms with E-state index < -0.39 is 0 Å². The minimum atomic E-state index is 0. The number of hydrogen-bond donors (Lipinski definition) is 1. The van der Waals surface area contributed by atoms with E-state index in [9.17, 15) is 0 Å². The molecule has 0 aliphatic rings. The minimum absolute atomic E-state index is 0. The first-order valence-electron chi connectivity index (χ1n) is 0.218. The van der Waals surface area contributed by atoms with E-state index in [1.165, 1.54) is 0 Å². The van der Waals surface area contributed by atoms with Crippen molar-refractivity contribution in [1.29, 1.82) is 0 Å². The van der Waals surface area contributed by atoms with Crippen molar-refractivity contribution in [2.24, 2.45) is 5.96 Å². The molecule has 0 aromatic rings. The van der Waals surface area contributed by atoms with Crippen LogP contribution in [0, 0.1) is 0 Å². The number of nitrogens with two attached hydrogens (primary N) is 1. The van der Waals surface area contributed by atoms with Crippen molar-refractivity contribution in [2.75, 3.05) is 0 Å². The molecule has 2 N–H and O–H groups in total. The van der Waals surface area contributed by atoms with Crippen molar-refractivity contribution < 1.29 is 21.5 Å². The topological polar surface area (TPSA) is 26.0 Å². The molecule has 0 fully saturated rings. The van der Waals surface area contributed by atoms with E-state index >= 15 is 0 Å². The zero-order chi connectivity index (χ0) is 2.00. The zero-order valence-corrected chi connectivity index (χ0v) is 2.41. The molecule has 0 saturated carbocycles. The molecule has 0 saturated heterocycles. The Morgan fingerprint density at radius 1 is 1.25 bits per heavy atom. The number of rotatable bonds is 0. The summed E-state index contributed by atoms with van der Waals surface area (Å²) in [7, 11) is 0. The standard InChI is InChI=1S/FH2N.Fe.K.H/c1-2;;;/h2H2;;;. The molecule has 0 aromatic heterocycles. The van der Waals surface area contributed by atoms with Gasteiger partial charge in [0.15, 0.2) is 0 Å². The van der Waals surface area contributed by atoms with Gasteiger partial charge in [-0.2, -0.15) is 5.96 Å². The fourth-order valence-corrected chi connectivity index (χ4v) is 0. The fraction of sp³-hybridized carbons (Fsp3) is 0. The van der Waals surface area contributed by atoms with E-state index in [1.54, 1.807) is 0 Å². The van der Waals surface area contributed by atoms with Crippen LogP contribution in [0.1, 0.15) is 0 Å². The van der Waals surface area contributed by atoms with Gasteiger partial charge in [-0.05, 0) is 0 Å². The first kappa shape index (κ1) is 16.6. The van der Waals surface area contributed by atoms with Gasteiger partial charge in [-0.3, -0.25) is 0 Å². The summed E-state index contributed by atoms with van der Waals surface area (Å²) < 4.78 is 9.00. The monoisotopic (exact) mass is 131 g/mol. The number of hydrogen-bond acceptors (Lipinski definition) is 1. The van der Waals surface area contributed by atoms with Crippen LogP contribution in [0.3, 0.4) is 0 Å². The Balaban J connectivity index is -0.00000000500. The molecule has 0 aliphatic heterocycles. The summed E-state index contributed by atoms with van der Waals surface area (Å²) in [5.74, 6) is 3.00. The SMILES string of the molecule is NF.[Fe].[KH]. The number of halogens is 1.